The smallest absolute Gasteiger partial charge is 0.312 e. The van der Waals surface area contributed by atoms with Crippen molar-refractivity contribution in [3.8, 4) is 5.75 Å². The number of esters is 1. The quantitative estimate of drug-likeness (QED) is 0.352. The van der Waals surface area contributed by atoms with Crippen molar-refractivity contribution in [2.75, 3.05) is 13.2 Å². The number of benzene rings is 1. The number of aliphatic hydroxyl groups is 1. The lowest BCUT2D eigenvalue weighted by Crippen LogP contribution is -2.32. The zero-order chi connectivity index (χ0) is 21.5. The second kappa shape index (κ2) is 9.82. The van der Waals surface area contributed by atoms with Crippen LogP contribution in [-0.2, 0) is 14.3 Å². The molecule has 0 saturated carbocycles. The van der Waals surface area contributed by atoms with E-state index in [-0.39, 0.29) is 37.1 Å². The van der Waals surface area contributed by atoms with Crippen molar-refractivity contribution in [2.24, 2.45) is 11.3 Å². The van der Waals surface area contributed by atoms with Crippen molar-refractivity contribution >= 4 is 17.5 Å². The van der Waals surface area contributed by atoms with E-state index in [1.54, 1.807) is 38.1 Å². The molecule has 0 spiro atoms. The van der Waals surface area contributed by atoms with Gasteiger partial charge in [-0.25, -0.2) is 0 Å². The summed E-state index contributed by atoms with van der Waals surface area (Å²) in [7, 11) is 0. The van der Waals surface area contributed by atoms with E-state index >= 15 is 0 Å². The molecule has 1 aromatic carbocycles. The van der Waals surface area contributed by atoms with Crippen molar-refractivity contribution in [1.29, 1.82) is 0 Å². The van der Waals surface area contributed by atoms with Crippen LogP contribution in [-0.4, -0.2) is 41.5 Å². The van der Waals surface area contributed by atoms with E-state index in [1.165, 1.54) is 13.8 Å². The van der Waals surface area contributed by atoms with Crippen molar-refractivity contribution in [3.63, 3.8) is 0 Å². The second-order valence-electron chi connectivity index (χ2n) is 8.23. The lowest BCUT2D eigenvalue weighted by molar-refractivity contribution is -0.156. The normalized spacial score (nSPS) is 13.0. The fourth-order valence-electron chi connectivity index (χ4n) is 2.45. The van der Waals surface area contributed by atoms with Crippen LogP contribution in [0, 0.1) is 11.3 Å². The summed E-state index contributed by atoms with van der Waals surface area (Å²) in [6, 6.07) is 6.39. The molecule has 1 N–H and O–H groups in total. The fraction of sp³-hybridized carbons (Fsp3) is 0.591. The van der Waals surface area contributed by atoms with Gasteiger partial charge in [0.05, 0.1) is 5.41 Å². The number of hydrogen-bond donors (Lipinski definition) is 1. The highest BCUT2D eigenvalue weighted by Crippen LogP contribution is 2.25. The van der Waals surface area contributed by atoms with Gasteiger partial charge in [0.1, 0.15) is 30.3 Å². The molecule has 0 aliphatic rings. The van der Waals surface area contributed by atoms with Crippen LogP contribution < -0.4 is 4.74 Å². The van der Waals surface area contributed by atoms with Crippen molar-refractivity contribution < 1.29 is 29.0 Å². The lowest BCUT2D eigenvalue weighted by atomic mass is 9.83. The monoisotopic (exact) mass is 392 g/mol. The van der Waals surface area contributed by atoms with Gasteiger partial charge >= 0.3 is 5.97 Å². The van der Waals surface area contributed by atoms with Gasteiger partial charge in [0.15, 0.2) is 5.78 Å². The number of carbonyl (C=O) groups is 3. The number of hydrogen-bond acceptors (Lipinski definition) is 6. The molecule has 0 amide bonds. The van der Waals surface area contributed by atoms with Gasteiger partial charge in [-0.3, -0.25) is 14.4 Å². The van der Waals surface area contributed by atoms with Crippen molar-refractivity contribution in [2.45, 2.75) is 60.0 Å². The highest BCUT2D eigenvalue weighted by Gasteiger charge is 2.33. The van der Waals surface area contributed by atoms with Gasteiger partial charge in [-0.1, -0.05) is 13.8 Å². The SMILES string of the molecule is CCC(C)C(=O)CC(C)(C)C(=O)OCCOc1ccc(C(=O)C(C)(C)O)cc1. The molecule has 6 heteroatoms. The van der Waals surface area contributed by atoms with E-state index in [4.69, 9.17) is 9.47 Å². The average molecular weight is 392 g/mol. The molecule has 1 atom stereocenters. The molecule has 1 rings (SSSR count). The Morgan fingerprint density at radius 3 is 2.11 bits per heavy atom. The van der Waals surface area contributed by atoms with Gasteiger partial charge in [0.2, 0.25) is 0 Å². The maximum Gasteiger partial charge on any atom is 0.312 e. The van der Waals surface area contributed by atoms with Gasteiger partial charge in [-0.05, 0) is 58.4 Å². The zero-order valence-corrected chi connectivity index (χ0v) is 17.7. The predicted molar refractivity (Wildman–Crippen MR) is 106 cm³/mol. The van der Waals surface area contributed by atoms with Crippen LogP contribution in [0.3, 0.4) is 0 Å². The maximum absolute atomic E-state index is 12.2. The fourth-order valence-corrected chi connectivity index (χ4v) is 2.45. The molecule has 6 nitrogen and oxygen atoms in total. The Bertz CT molecular complexity index is 682. The highest BCUT2D eigenvalue weighted by atomic mass is 16.6. The molecule has 1 aromatic rings. The first kappa shape index (κ1) is 23.8. The van der Waals surface area contributed by atoms with E-state index in [0.717, 1.165) is 6.42 Å². The molecule has 0 bridgehead atoms. The standard InChI is InChI=1S/C22H32O6/c1-7-15(2)18(23)14-21(3,4)20(25)28-13-12-27-17-10-8-16(9-11-17)19(24)22(5,6)26/h8-11,15,26H,7,12-14H2,1-6H3. The minimum atomic E-state index is -1.43. The summed E-state index contributed by atoms with van der Waals surface area (Å²) < 4.78 is 10.8. The summed E-state index contributed by atoms with van der Waals surface area (Å²) in [6.07, 6.45) is 0.899. The van der Waals surface area contributed by atoms with Crippen LogP contribution >= 0.6 is 0 Å². The van der Waals surface area contributed by atoms with Gasteiger partial charge in [-0.15, -0.1) is 0 Å². The van der Waals surface area contributed by atoms with Crippen LogP contribution in [0.15, 0.2) is 24.3 Å². The Morgan fingerprint density at radius 1 is 1.04 bits per heavy atom. The molecule has 0 heterocycles. The third-order valence-electron chi connectivity index (χ3n) is 4.59. The summed E-state index contributed by atoms with van der Waals surface area (Å²) in [5, 5.41) is 9.75. The van der Waals surface area contributed by atoms with E-state index in [9.17, 15) is 19.5 Å². The summed E-state index contributed by atoms with van der Waals surface area (Å²) in [6.45, 7) is 10.3. The molecule has 0 saturated heterocycles. The Balaban J connectivity index is 2.47. The first-order chi connectivity index (χ1) is 12.9. The van der Waals surface area contributed by atoms with Crippen LogP contribution in [0.5, 0.6) is 5.75 Å². The Hall–Kier alpha value is -2.21. The number of ether oxygens (including phenoxy) is 2. The molecule has 0 aliphatic heterocycles. The maximum atomic E-state index is 12.2. The zero-order valence-electron chi connectivity index (χ0n) is 17.7. The molecular weight excluding hydrogens is 360 g/mol. The van der Waals surface area contributed by atoms with Crippen molar-refractivity contribution in [3.05, 3.63) is 29.8 Å². The number of carbonyl (C=O) groups excluding carboxylic acids is 3. The van der Waals surface area contributed by atoms with E-state index in [0.29, 0.717) is 11.3 Å². The number of Topliss-reactive ketones (excluding diaryl/α,β-unsaturated/α-hetero) is 2. The van der Waals surface area contributed by atoms with Gasteiger partial charge in [-0.2, -0.15) is 0 Å². The molecule has 156 valence electrons. The Morgan fingerprint density at radius 2 is 1.61 bits per heavy atom. The highest BCUT2D eigenvalue weighted by molar-refractivity contribution is 6.01. The number of ketones is 2. The largest absolute Gasteiger partial charge is 0.490 e. The second-order valence-corrected chi connectivity index (χ2v) is 8.23. The van der Waals surface area contributed by atoms with Crippen LogP contribution in [0.1, 0.15) is 64.7 Å². The lowest BCUT2D eigenvalue weighted by Gasteiger charge is -2.23. The summed E-state index contributed by atoms with van der Waals surface area (Å²) in [5.41, 5.74) is -1.92. The minimum absolute atomic E-state index is 0.0568. The van der Waals surface area contributed by atoms with Crippen molar-refractivity contribution in [1.82, 2.24) is 0 Å². The molecule has 0 aromatic heterocycles. The Labute approximate surface area is 167 Å². The average Bonchev–Trinajstić information content (AvgIpc) is 2.63. The first-order valence-electron chi connectivity index (χ1n) is 9.58. The van der Waals surface area contributed by atoms with E-state index < -0.39 is 17.0 Å². The first-order valence-corrected chi connectivity index (χ1v) is 9.58. The predicted octanol–water partition coefficient (Wildman–Crippen LogP) is 3.59. The van der Waals surface area contributed by atoms with Gasteiger partial charge in [0.25, 0.3) is 0 Å². The third-order valence-corrected chi connectivity index (χ3v) is 4.59. The Kier molecular flexibility index (Phi) is 8.36. The van der Waals surface area contributed by atoms with Crippen LogP contribution in [0.25, 0.3) is 0 Å². The topological polar surface area (TPSA) is 89.9 Å². The molecule has 28 heavy (non-hydrogen) atoms. The molecule has 0 fully saturated rings. The van der Waals surface area contributed by atoms with E-state index in [1.807, 2.05) is 13.8 Å². The molecule has 1 unspecified atom stereocenters. The van der Waals surface area contributed by atoms with Crippen LogP contribution in [0.2, 0.25) is 0 Å². The molecule has 0 radical (unpaired) electrons. The van der Waals surface area contributed by atoms with E-state index in [2.05, 4.69) is 0 Å². The summed E-state index contributed by atoms with van der Waals surface area (Å²) in [4.78, 5) is 36.3. The van der Waals surface area contributed by atoms with Gasteiger partial charge in [0, 0.05) is 17.9 Å². The summed E-state index contributed by atoms with van der Waals surface area (Å²) >= 11 is 0. The molecule has 0 aliphatic carbocycles. The third kappa shape index (κ3) is 7.08. The minimum Gasteiger partial charge on any atom is -0.490 e. The van der Waals surface area contributed by atoms with Gasteiger partial charge < -0.3 is 14.6 Å². The number of rotatable bonds is 11. The molecular formula is C22H32O6. The summed E-state index contributed by atoms with van der Waals surface area (Å²) in [5.74, 6) is -0.293. The van der Waals surface area contributed by atoms with Crippen LogP contribution in [0.4, 0.5) is 0 Å².